The van der Waals surface area contributed by atoms with E-state index in [1.54, 1.807) is 4.90 Å². The van der Waals surface area contributed by atoms with Crippen LogP contribution in [-0.4, -0.2) is 55.9 Å². The highest BCUT2D eigenvalue weighted by Gasteiger charge is 2.44. The van der Waals surface area contributed by atoms with E-state index in [0.29, 0.717) is 39.3 Å². The largest absolute Gasteiger partial charge is 0.378 e. The Morgan fingerprint density at radius 2 is 2.14 bits per heavy atom. The molecule has 1 unspecified atom stereocenters. The first kappa shape index (κ1) is 9.86. The van der Waals surface area contributed by atoms with Crippen molar-refractivity contribution in [1.82, 2.24) is 10.2 Å². The van der Waals surface area contributed by atoms with Crippen molar-refractivity contribution in [3.8, 4) is 0 Å². The van der Waals surface area contributed by atoms with Gasteiger partial charge in [-0.05, 0) is 6.54 Å². The monoisotopic (exact) mass is 202 g/mol. The number of rotatable bonds is 1. The normalized spacial score (nSPS) is 33.4. The number of alkyl halides is 1. The highest BCUT2D eigenvalue weighted by Crippen LogP contribution is 2.23. The molecule has 2 aliphatic rings. The molecule has 2 fully saturated rings. The quantitative estimate of drug-likeness (QED) is 0.626. The molecular weight excluding hydrogens is 187 g/mol. The topological polar surface area (TPSA) is 41.6 Å². The van der Waals surface area contributed by atoms with Gasteiger partial charge >= 0.3 is 0 Å². The summed E-state index contributed by atoms with van der Waals surface area (Å²) in [5.74, 6) is -0.370. The zero-order chi connectivity index (χ0) is 10.0. The summed E-state index contributed by atoms with van der Waals surface area (Å²) in [6.07, 6.45) is 0.295. The van der Waals surface area contributed by atoms with E-state index in [1.165, 1.54) is 0 Å². The van der Waals surface area contributed by atoms with Gasteiger partial charge in [0.15, 0.2) is 0 Å². The summed E-state index contributed by atoms with van der Waals surface area (Å²) in [6.45, 7) is 2.83. The van der Waals surface area contributed by atoms with Gasteiger partial charge in [0.2, 0.25) is 5.67 Å². The van der Waals surface area contributed by atoms with Gasteiger partial charge in [-0.3, -0.25) is 4.79 Å². The number of halogens is 1. The Hall–Kier alpha value is -0.680. The van der Waals surface area contributed by atoms with Crippen LogP contribution in [0.25, 0.3) is 0 Å². The van der Waals surface area contributed by atoms with E-state index >= 15 is 0 Å². The lowest BCUT2D eigenvalue weighted by molar-refractivity contribution is -0.146. The summed E-state index contributed by atoms with van der Waals surface area (Å²) < 4.78 is 19.1. The molecule has 0 saturated carbocycles. The minimum atomic E-state index is -1.67. The molecule has 0 aliphatic carbocycles. The molecule has 0 aromatic carbocycles. The van der Waals surface area contributed by atoms with Gasteiger partial charge in [-0.15, -0.1) is 0 Å². The Kier molecular flexibility index (Phi) is 2.69. The van der Waals surface area contributed by atoms with Crippen molar-refractivity contribution in [2.75, 3.05) is 39.4 Å². The highest BCUT2D eigenvalue weighted by molar-refractivity contribution is 5.86. The van der Waals surface area contributed by atoms with Crippen LogP contribution in [0.3, 0.4) is 0 Å². The van der Waals surface area contributed by atoms with Crippen molar-refractivity contribution in [2.24, 2.45) is 0 Å². The van der Waals surface area contributed by atoms with Gasteiger partial charge in [0.1, 0.15) is 0 Å². The second kappa shape index (κ2) is 3.82. The first-order valence-electron chi connectivity index (χ1n) is 4.99. The Labute approximate surface area is 82.4 Å². The number of amides is 1. The number of nitrogens with one attached hydrogen (secondary N) is 1. The van der Waals surface area contributed by atoms with Gasteiger partial charge in [-0.1, -0.05) is 0 Å². The Morgan fingerprint density at radius 1 is 1.43 bits per heavy atom. The first-order chi connectivity index (χ1) is 6.72. The predicted octanol–water partition coefficient (Wildman–Crippen LogP) is -0.453. The van der Waals surface area contributed by atoms with E-state index in [4.69, 9.17) is 4.74 Å². The summed E-state index contributed by atoms with van der Waals surface area (Å²) in [5, 5.41) is 2.88. The molecule has 1 N–H and O–H groups in total. The third-order valence-electron chi connectivity index (χ3n) is 2.78. The van der Waals surface area contributed by atoms with Crippen LogP contribution in [0.5, 0.6) is 0 Å². The fraction of sp³-hybridized carbons (Fsp3) is 0.889. The van der Waals surface area contributed by atoms with E-state index in [0.717, 1.165) is 0 Å². The van der Waals surface area contributed by atoms with E-state index in [1.807, 2.05) is 0 Å². The lowest BCUT2D eigenvalue weighted by Gasteiger charge is -2.31. The predicted molar refractivity (Wildman–Crippen MR) is 48.7 cm³/mol. The van der Waals surface area contributed by atoms with Gasteiger partial charge < -0.3 is 15.0 Å². The standard InChI is InChI=1S/C9H15FN2O2/c10-9(1-2-11-7-9)8(13)12-3-5-14-6-4-12/h11H,1-7H2. The Bertz CT molecular complexity index is 223. The van der Waals surface area contributed by atoms with Crippen LogP contribution >= 0.6 is 0 Å². The van der Waals surface area contributed by atoms with Crippen LogP contribution < -0.4 is 5.32 Å². The van der Waals surface area contributed by atoms with Gasteiger partial charge in [-0.25, -0.2) is 4.39 Å². The smallest absolute Gasteiger partial charge is 0.261 e. The van der Waals surface area contributed by atoms with Gasteiger partial charge in [0.25, 0.3) is 5.91 Å². The molecule has 2 saturated heterocycles. The second-order valence-corrected chi connectivity index (χ2v) is 3.80. The third kappa shape index (κ3) is 1.74. The van der Waals surface area contributed by atoms with E-state index in [9.17, 15) is 9.18 Å². The molecule has 14 heavy (non-hydrogen) atoms. The molecule has 80 valence electrons. The zero-order valence-electron chi connectivity index (χ0n) is 8.09. The average Bonchev–Trinajstić information content (AvgIpc) is 2.67. The van der Waals surface area contributed by atoms with Crippen molar-refractivity contribution in [3.05, 3.63) is 0 Å². The minimum Gasteiger partial charge on any atom is -0.378 e. The highest BCUT2D eigenvalue weighted by atomic mass is 19.1. The number of hydrogen-bond donors (Lipinski definition) is 1. The summed E-state index contributed by atoms with van der Waals surface area (Å²) in [5.41, 5.74) is -1.67. The van der Waals surface area contributed by atoms with Crippen molar-refractivity contribution >= 4 is 5.91 Å². The molecule has 0 radical (unpaired) electrons. The molecule has 4 nitrogen and oxygen atoms in total. The third-order valence-corrected chi connectivity index (χ3v) is 2.78. The zero-order valence-corrected chi connectivity index (χ0v) is 8.09. The molecule has 5 heteroatoms. The fourth-order valence-electron chi connectivity index (χ4n) is 1.89. The summed E-state index contributed by atoms with van der Waals surface area (Å²) in [7, 11) is 0. The fourth-order valence-corrected chi connectivity index (χ4v) is 1.89. The molecule has 2 heterocycles. The maximum Gasteiger partial charge on any atom is 0.261 e. The molecule has 1 amide bonds. The van der Waals surface area contributed by atoms with Crippen LogP contribution in [0.15, 0.2) is 0 Å². The maximum absolute atomic E-state index is 14.0. The van der Waals surface area contributed by atoms with Gasteiger partial charge in [0, 0.05) is 26.1 Å². The molecule has 0 spiro atoms. The van der Waals surface area contributed by atoms with Crippen molar-refractivity contribution in [2.45, 2.75) is 12.1 Å². The number of nitrogens with zero attached hydrogens (tertiary/aromatic N) is 1. The number of morpholine rings is 1. The summed E-state index contributed by atoms with van der Waals surface area (Å²) >= 11 is 0. The number of carbonyl (C=O) groups excluding carboxylic acids is 1. The van der Waals surface area contributed by atoms with Crippen LogP contribution in [0.2, 0.25) is 0 Å². The van der Waals surface area contributed by atoms with Gasteiger partial charge in [-0.2, -0.15) is 0 Å². The minimum absolute atomic E-state index is 0.156. The van der Waals surface area contributed by atoms with Crippen molar-refractivity contribution < 1.29 is 13.9 Å². The Morgan fingerprint density at radius 3 is 2.71 bits per heavy atom. The molecule has 2 rings (SSSR count). The van der Waals surface area contributed by atoms with Crippen molar-refractivity contribution in [3.63, 3.8) is 0 Å². The van der Waals surface area contributed by atoms with Crippen LogP contribution in [-0.2, 0) is 9.53 Å². The molecule has 1 atom stereocenters. The van der Waals surface area contributed by atoms with Crippen LogP contribution in [0.4, 0.5) is 4.39 Å². The van der Waals surface area contributed by atoms with Crippen LogP contribution in [0, 0.1) is 0 Å². The first-order valence-corrected chi connectivity index (χ1v) is 4.99. The molecular formula is C9H15FN2O2. The molecule has 0 aromatic heterocycles. The lowest BCUT2D eigenvalue weighted by atomic mass is 10.0. The molecule has 0 bridgehead atoms. The summed E-state index contributed by atoms with van der Waals surface area (Å²) in [4.78, 5) is 13.3. The molecule has 2 aliphatic heterocycles. The van der Waals surface area contributed by atoms with E-state index in [-0.39, 0.29) is 12.5 Å². The second-order valence-electron chi connectivity index (χ2n) is 3.80. The summed E-state index contributed by atoms with van der Waals surface area (Å²) in [6, 6.07) is 0. The lowest BCUT2D eigenvalue weighted by Crippen LogP contribution is -2.51. The molecule has 0 aromatic rings. The number of hydrogen-bond acceptors (Lipinski definition) is 3. The number of carbonyl (C=O) groups is 1. The van der Waals surface area contributed by atoms with E-state index in [2.05, 4.69) is 5.32 Å². The SMILES string of the molecule is O=C(N1CCOCC1)C1(F)CCNC1. The maximum atomic E-state index is 14.0. The average molecular weight is 202 g/mol. The van der Waals surface area contributed by atoms with Crippen molar-refractivity contribution in [1.29, 1.82) is 0 Å². The van der Waals surface area contributed by atoms with Gasteiger partial charge in [0.05, 0.1) is 13.2 Å². The van der Waals surface area contributed by atoms with Crippen LogP contribution in [0.1, 0.15) is 6.42 Å². The Balaban J connectivity index is 1.98. The van der Waals surface area contributed by atoms with E-state index < -0.39 is 5.67 Å². The number of ether oxygens (including phenoxy) is 1.